The molecular weight excluding hydrogens is 727 g/mol. The van der Waals surface area contributed by atoms with Crippen molar-refractivity contribution in [3.8, 4) is 33.8 Å². The van der Waals surface area contributed by atoms with Crippen LogP contribution in [0.15, 0.2) is 179 Å². The molecule has 0 atom stereocenters. The molecule has 0 aliphatic rings. The molecule has 0 spiro atoms. The lowest BCUT2D eigenvalue weighted by atomic mass is 9.98. The summed E-state index contributed by atoms with van der Waals surface area (Å²) >= 11 is 0. The van der Waals surface area contributed by atoms with Gasteiger partial charge < -0.3 is 17.8 Å². The quantitative estimate of drug-likeness (QED) is 0.144. The second kappa shape index (κ2) is 13.3. The molecule has 0 aliphatic heterocycles. The van der Waals surface area contributed by atoms with Gasteiger partial charge in [-0.15, -0.1) is 0 Å². The summed E-state index contributed by atoms with van der Waals surface area (Å²) in [5, 5.41) is 6.85. The summed E-state index contributed by atoms with van der Waals surface area (Å²) in [5.41, 5.74) is 12.7. The number of benzene rings is 6. The van der Waals surface area contributed by atoms with E-state index in [0.717, 1.165) is 105 Å². The number of aromatic nitrogens is 3. The summed E-state index contributed by atoms with van der Waals surface area (Å²) in [4.78, 5) is 10.5. The van der Waals surface area contributed by atoms with Gasteiger partial charge in [0.25, 0.3) is 0 Å². The average Bonchev–Trinajstić information content (AvgIpc) is 4.04. The SMILES string of the molecule is C=C/C=C(\C=C/C)n1c(C=C)c(C=C)c2cc(-c3ccc4oc5nc(-c6cccc7c6oc6ccccc67)nc(-c6cccc7c6oc6ccccc67)c5c4c3)ccc21. The van der Waals surface area contributed by atoms with Crippen LogP contribution in [0.3, 0.4) is 0 Å². The van der Waals surface area contributed by atoms with E-state index in [2.05, 4.69) is 97.1 Å². The first kappa shape index (κ1) is 34.3. The molecule has 6 aromatic carbocycles. The van der Waals surface area contributed by atoms with E-state index in [0.29, 0.717) is 22.8 Å². The van der Waals surface area contributed by atoms with Gasteiger partial charge in [-0.25, -0.2) is 4.98 Å². The maximum atomic E-state index is 6.66. The number of nitrogens with zero attached hydrogens (tertiary/aromatic N) is 3. The van der Waals surface area contributed by atoms with Crippen LogP contribution in [0.25, 0.3) is 128 Å². The normalized spacial score (nSPS) is 12.4. The van der Waals surface area contributed by atoms with Gasteiger partial charge in [0.1, 0.15) is 27.9 Å². The molecule has 0 N–H and O–H groups in total. The van der Waals surface area contributed by atoms with E-state index in [9.17, 15) is 0 Å². The lowest BCUT2D eigenvalue weighted by molar-refractivity contribution is 0.653. The van der Waals surface area contributed by atoms with E-state index in [1.165, 1.54) is 0 Å². The maximum absolute atomic E-state index is 6.66. The van der Waals surface area contributed by atoms with Gasteiger partial charge in [0, 0.05) is 49.1 Å². The highest BCUT2D eigenvalue weighted by molar-refractivity contribution is 6.17. The number of furan rings is 3. The van der Waals surface area contributed by atoms with E-state index in [1.54, 1.807) is 6.08 Å². The van der Waals surface area contributed by atoms with Gasteiger partial charge in [-0.3, -0.25) is 0 Å². The Morgan fingerprint density at radius 1 is 0.593 bits per heavy atom. The molecule has 280 valence electrons. The fourth-order valence-corrected chi connectivity index (χ4v) is 8.73. The Morgan fingerprint density at radius 2 is 1.22 bits per heavy atom. The minimum atomic E-state index is 0.473. The zero-order valence-corrected chi connectivity index (χ0v) is 32.2. The van der Waals surface area contributed by atoms with Gasteiger partial charge in [0.05, 0.1) is 27.9 Å². The van der Waals surface area contributed by atoms with Crippen molar-refractivity contribution in [3.63, 3.8) is 0 Å². The highest BCUT2D eigenvalue weighted by atomic mass is 16.3. The number of hydrogen-bond donors (Lipinski definition) is 0. The Kier molecular flexibility index (Phi) is 7.75. The van der Waals surface area contributed by atoms with Crippen molar-refractivity contribution in [2.45, 2.75) is 6.92 Å². The molecule has 0 unspecified atom stereocenters. The van der Waals surface area contributed by atoms with Crippen molar-refractivity contribution in [2.24, 2.45) is 0 Å². The molecule has 6 nitrogen and oxygen atoms in total. The van der Waals surface area contributed by atoms with Gasteiger partial charge in [-0.2, -0.15) is 4.98 Å². The van der Waals surface area contributed by atoms with Crippen molar-refractivity contribution in [1.29, 1.82) is 0 Å². The standard InChI is InChI=1S/C53H35N3O3/c1-5-15-33(16-6-2)56-43(8-4)34(7-3)41-29-31(25-27-44(41)56)32-26-28-47-42(30-32)48-49(39-21-13-19-37-35-17-9-11-23-45(35)57-50(37)39)54-52(55-53(48)59-47)40-22-14-20-38-36-18-10-12-24-46(36)58-51(38)40/h5-30H,1,3-4H2,2H3/b16-6-,33-15+. The van der Waals surface area contributed by atoms with Crippen LogP contribution in [-0.4, -0.2) is 14.5 Å². The second-order valence-corrected chi connectivity index (χ2v) is 14.6. The smallest absolute Gasteiger partial charge is 0.231 e. The summed E-state index contributed by atoms with van der Waals surface area (Å²) in [6, 6.07) is 41.3. The monoisotopic (exact) mass is 761 g/mol. The molecule has 0 fully saturated rings. The molecule has 59 heavy (non-hydrogen) atoms. The minimum Gasteiger partial charge on any atom is -0.455 e. The minimum absolute atomic E-state index is 0.473. The van der Waals surface area contributed by atoms with Gasteiger partial charge in [-0.1, -0.05) is 111 Å². The fourth-order valence-electron chi connectivity index (χ4n) is 8.73. The average molecular weight is 762 g/mol. The lowest BCUT2D eigenvalue weighted by Crippen LogP contribution is -1.97. The number of para-hydroxylation sites is 4. The van der Waals surface area contributed by atoms with E-state index < -0.39 is 0 Å². The van der Waals surface area contributed by atoms with E-state index in [4.69, 9.17) is 23.2 Å². The van der Waals surface area contributed by atoms with Crippen molar-refractivity contribution in [2.75, 3.05) is 0 Å². The molecule has 11 aromatic rings. The fraction of sp³-hybridized carbons (Fsp3) is 0.0189. The molecule has 5 aromatic heterocycles. The first-order chi connectivity index (χ1) is 29.1. The molecule has 0 amide bonds. The Labute approximate surface area is 338 Å². The summed E-state index contributed by atoms with van der Waals surface area (Å²) in [5.74, 6) is 0.497. The van der Waals surface area contributed by atoms with Crippen molar-refractivity contribution >= 4 is 94.7 Å². The van der Waals surface area contributed by atoms with Crippen LogP contribution in [0.1, 0.15) is 18.2 Å². The van der Waals surface area contributed by atoms with Gasteiger partial charge in [-0.05, 0) is 84.8 Å². The highest BCUT2D eigenvalue weighted by Crippen LogP contribution is 2.44. The van der Waals surface area contributed by atoms with Gasteiger partial charge in [0.15, 0.2) is 5.82 Å². The van der Waals surface area contributed by atoms with Crippen molar-refractivity contribution in [3.05, 3.63) is 177 Å². The molecule has 0 saturated heterocycles. The van der Waals surface area contributed by atoms with Crippen LogP contribution >= 0.6 is 0 Å². The zero-order valence-electron chi connectivity index (χ0n) is 32.2. The van der Waals surface area contributed by atoms with E-state index in [-0.39, 0.29) is 0 Å². The molecule has 0 aliphatic carbocycles. The zero-order chi connectivity index (χ0) is 39.8. The van der Waals surface area contributed by atoms with E-state index >= 15 is 0 Å². The molecule has 0 bridgehead atoms. The predicted octanol–water partition coefficient (Wildman–Crippen LogP) is 15.0. The summed E-state index contributed by atoms with van der Waals surface area (Å²) < 4.78 is 22.0. The number of rotatable bonds is 8. The largest absolute Gasteiger partial charge is 0.455 e. The lowest BCUT2D eigenvalue weighted by Gasteiger charge is -2.10. The Morgan fingerprint density at radius 3 is 1.90 bits per heavy atom. The van der Waals surface area contributed by atoms with Gasteiger partial charge in [0.2, 0.25) is 5.71 Å². The molecule has 0 saturated carbocycles. The third-order valence-electron chi connectivity index (χ3n) is 11.3. The van der Waals surface area contributed by atoms with Crippen LogP contribution in [0.4, 0.5) is 0 Å². The third-order valence-corrected chi connectivity index (χ3v) is 11.3. The van der Waals surface area contributed by atoms with Crippen LogP contribution in [0, 0.1) is 0 Å². The summed E-state index contributed by atoms with van der Waals surface area (Å²) in [6.45, 7) is 14.3. The Balaban J connectivity index is 1.17. The summed E-state index contributed by atoms with van der Waals surface area (Å²) in [7, 11) is 0. The van der Waals surface area contributed by atoms with Crippen molar-refractivity contribution < 1.29 is 13.3 Å². The topological polar surface area (TPSA) is 70.1 Å². The third kappa shape index (κ3) is 5.13. The van der Waals surface area contributed by atoms with Crippen LogP contribution < -0.4 is 0 Å². The molecule has 5 heterocycles. The molecule has 0 radical (unpaired) electrons. The predicted molar refractivity (Wildman–Crippen MR) is 245 cm³/mol. The first-order valence-electron chi connectivity index (χ1n) is 19.5. The first-order valence-corrected chi connectivity index (χ1v) is 19.5. The Bertz CT molecular complexity index is 3640. The van der Waals surface area contributed by atoms with Crippen molar-refractivity contribution in [1.82, 2.24) is 14.5 Å². The highest BCUT2D eigenvalue weighted by Gasteiger charge is 2.24. The molecular formula is C53H35N3O3. The van der Waals surface area contributed by atoms with Gasteiger partial charge >= 0.3 is 0 Å². The molecule has 11 rings (SSSR count). The van der Waals surface area contributed by atoms with E-state index in [1.807, 2.05) is 85.8 Å². The second-order valence-electron chi connectivity index (χ2n) is 14.6. The maximum Gasteiger partial charge on any atom is 0.231 e. The number of hydrogen-bond acceptors (Lipinski definition) is 5. The van der Waals surface area contributed by atoms with Crippen LogP contribution in [-0.2, 0) is 0 Å². The number of fused-ring (bicyclic) bond motifs is 10. The molecule has 6 heteroatoms. The van der Waals surface area contributed by atoms with Crippen LogP contribution in [0.2, 0.25) is 0 Å². The number of allylic oxidation sites excluding steroid dienone is 5. The summed E-state index contributed by atoms with van der Waals surface area (Å²) in [6.07, 6.45) is 11.7. The van der Waals surface area contributed by atoms with Crippen LogP contribution in [0.5, 0.6) is 0 Å². The Hall–Kier alpha value is -7.96.